The molecular formula is C12H19Cl3O8. The van der Waals surface area contributed by atoms with Crippen LogP contribution in [0.1, 0.15) is 8.22 Å². The van der Waals surface area contributed by atoms with Crippen LogP contribution in [-0.2, 0) is 14.2 Å². The van der Waals surface area contributed by atoms with Crippen LogP contribution in [-0.4, -0.2) is 97.8 Å². The van der Waals surface area contributed by atoms with Crippen LogP contribution in [0.4, 0.5) is 0 Å². The largest absolute Gasteiger partial charge is 0.394 e. The molecule has 9 atom stereocenters. The molecule has 2 heterocycles. The Morgan fingerprint density at radius 1 is 1.09 bits per heavy atom. The van der Waals surface area contributed by atoms with Gasteiger partial charge in [0.2, 0.25) is 5.79 Å². The molecule has 0 radical (unpaired) electrons. The zero-order valence-electron chi connectivity index (χ0n) is 17.2. The van der Waals surface area contributed by atoms with Gasteiger partial charge in [-0.05, 0) is 0 Å². The summed E-state index contributed by atoms with van der Waals surface area (Å²) < 4.78 is 60.2. The molecule has 2 aliphatic heterocycles. The smallest absolute Gasteiger partial charge is 0.214 e. The maximum absolute atomic E-state index is 10.3. The van der Waals surface area contributed by atoms with E-state index in [0.717, 1.165) is 0 Å². The predicted molar refractivity (Wildman–Crippen MR) is 79.5 cm³/mol. The third-order valence-electron chi connectivity index (χ3n) is 3.51. The standard InChI is InChI=1S/C12H19Cl3O8/c13-1-4-7(17)10(20)12(3-14,22-4)23-11-9(19)8(18)6(15)5(2-16)21-11/h4-11,16-20H,1-3H2/t4-,5-,6+,7-,8+,9-,10+,11?,12+/m1/s1/i1D2,2D2,3D2. The van der Waals surface area contributed by atoms with Gasteiger partial charge in [0.15, 0.2) is 6.29 Å². The molecule has 0 bridgehead atoms. The second kappa shape index (κ2) is 7.84. The Kier molecular flexibility index (Phi) is 4.37. The molecule has 8 nitrogen and oxygen atoms in total. The van der Waals surface area contributed by atoms with Crippen LogP contribution in [0.2, 0.25) is 0 Å². The van der Waals surface area contributed by atoms with Crippen molar-refractivity contribution < 1.29 is 48.0 Å². The zero-order valence-corrected chi connectivity index (χ0v) is 13.5. The van der Waals surface area contributed by atoms with E-state index in [-0.39, 0.29) is 0 Å². The van der Waals surface area contributed by atoms with Crippen LogP contribution in [0.25, 0.3) is 0 Å². The van der Waals surface area contributed by atoms with E-state index in [1.54, 1.807) is 0 Å². The number of aliphatic hydroxyl groups excluding tert-OH is 4. The third-order valence-corrected chi connectivity index (χ3v) is 4.47. The maximum Gasteiger partial charge on any atom is 0.214 e. The molecule has 5 N–H and O–H groups in total. The number of alkyl halides is 3. The second-order valence-electron chi connectivity index (χ2n) is 4.94. The van der Waals surface area contributed by atoms with Gasteiger partial charge in [0, 0.05) is 5.48 Å². The van der Waals surface area contributed by atoms with Crippen molar-refractivity contribution in [3.05, 3.63) is 0 Å². The summed E-state index contributed by atoms with van der Waals surface area (Å²) in [6.07, 6.45) is -14.8. The minimum atomic E-state index is -3.20. The molecule has 0 amide bonds. The molecule has 0 spiro atoms. The summed E-state index contributed by atoms with van der Waals surface area (Å²) in [5.41, 5.74) is 0. The van der Waals surface area contributed by atoms with Gasteiger partial charge in [-0.25, -0.2) is 0 Å². The Morgan fingerprint density at radius 3 is 2.22 bits per heavy atom. The first-order chi connectivity index (χ1) is 12.8. The number of rotatable bonds is 5. The molecule has 2 aliphatic rings. The summed E-state index contributed by atoms with van der Waals surface area (Å²) in [5, 5.41) is 48.5. The number of hydrogen-bond donors (Lipinski definition) is 5. The lowest BCUT2D eigenvalue weighted by Crippen LogP contribution is -2.61. The van der Waals surface area contributed by atoms with E-state index in [2.05, 4.69) is 0 Å². The molecule has 0 aromatic carbocycles. The fourth-order valence-electron chi connectivity index (χ4n) is 2.20. The maximum atomic E-state index is 10.3. The summed E-state index contributed by atoms with van der Waals surface area (Å²) in [7, 11) is 0. The molecule has 0 aliphatic carbocycles. The average molecular weight is 404 g/mol. The van der Waals surface area contributed by atoms with Crippen molar-refractivity contribution in [2.75, 3.05) is 18.2 Å². The molecule has 2 rings (SSSR count). The highest BCUT2D eigenvalue weighted by molar-refractivity contribution is 6.21. The summed E-state index contributed by atoms with van der Waals surface area (Å²) in [4.78, 5) is 0. The Hall–Kier alpha value is 0.550. The van der Waals surface area contributed by atoms with E-state index in [1.165, 1.54) is 0 Å². The molecule has 11 heteroatoms. The van der Waals surface area contributed by atoms with Gasteiger partial charge in [-0.3, -0.25) is 0 Å². The van der Waals surface area contributed by atoms with E-state index >= 15 is 0 Å². The minimum Gasteiger partial charge on any atom is -0.394 e. The van der Waals surface area contributed by atoms with E-state index in [4.69, 9.17) is 57.2 Å². The topological polar surface area (TPSA) is 129 Å². The van der Waals surface area contributed by atoms with Gasteiger partial charge in [0.1, 0.15) is 36.6 Å². The van der Waals surface area contributed by atoms with Crippen molar-refractivity contribution in [2.45, 2.75) is 54.1 Å². The molecule has 23 heavy (non-hydrogen) atoms. The van der Waals surface area contributed by atoms with Gasteiger partial charge in [-0.2, -0.15) is 0 Å². The Balaban J connectivity index is 2.43. The molecule has 0 aromatic heterocycles. The van der Waals surface area contributed by atoms with Gasteiger partial charge < -0.3 is 39.7 Å². The molecular weight excluding hydrogens is 378 g/mol. The van der Waals surface area contributed by atoms with Gasteiger partial charge in [-0.15, -0.1) is 34.8 Å². The SMILES string of the molecule is [2H]C([2H])(O)[C@H]1OC(O[C@]2(C([2H])([2H])Cl)O[C@H](C([2H])([2H])Cl)[C@@H](O)[C@@H]2O)[C@H](O)[C@@H](O)[C@H]1Cl. The van der Waals surface area contributed by atoms with Gasteiger partial charge in [0.25, 0.3) is 0 Å². The number of ether oxygens (including phenoxy) is 3. The van der Waals surface area contributed by atoms with Crippen molar-refractivity contribution in [1.29, 1.82) is 0 Å². The first-order valence-corrected chi connectivity index (χ1v) is 7.51. The van der Waals surface area contributed by atoms with Crippen molar-refractivity contribution in [3.8, 4) is 0 Å². The Labute approximate surface area is 155 Å². The molecule has 0 aromatic rings. The van der Waals surface area contributed by atoms with Crippen molar-refractivity contribution >= 4 is 34.8 Å². The molecule has 2 saturated heterocycles. The number of aliphatic hydroxyl groups is 5. The van der Waals surface area contributed by atoms with Crippen LogP contribution in [0, 0.1) is 0 Å². The zero-order chi connectivity index (χ0) is 22.7. The van der Waals surface area contributed by atoms with Crippen molar-refractivity contribution in [2.24, 2.45) is 0 Å². The lowest BCUT2D eigenvalue weighted by molar-refractivity contribution is -0.357. The highest BCUT2D eigenvalue weighted by atomic mass is 35.5. The van der Waals surface area contributed by atoms with E-state index in [0.29, 0.717) is 0 Å². The number of hydrogen-bond acceptors (Lipinski definition) is 8. The minimum absolute atomic E-state index is 1.67. The van der Waals surface area contributed by atoms with Crippen molar-refractivity contribution in [1.82, 2.24) is 0 Å². The highest BCUT2D eigenvalue weighted by Gasteiger charge is 2.58. The van der Waals surface area contributed by atoms with E-state index < -0.39 is 72.3 Å². The molecule has 0 saturated carbocycles. The highest BCUT2D eigenvalue weighted by Crippen LogP contribution is 2.37. The lowest BCUT2D eigenvalue weighted by Gasteiger charge is -2.43. The van der Waals surface area contributed by atoms with Crippen LogP contribution in [0.3, 0.4) is 0 Å². The fourth-order valence-corrected chi connectivity index (χ4v) is 2.84. The van der Waals surface area contributed by atoms with Gasteiger partial charge >= 0.3 is 0 Å². The fraction of sp³-hybridized carbons (Fsp3) is 1.00. The van der Waals surface area contributed by atoms with E-state index in [9.17, 15) is 25.5 Å². The lowest BCUT2D eigenvalue weighted by atomic mass is 10.0. The molecule has 1 unspecified atom stereocenters. The first-order valence-electron chi connectivity index (χ1n) is 9.32. The quantitative estimate of drug-likeness (QED) is 0.345. The molecule has 2 fully saturated rings. The van der Waals surface area contributed by atoms with Crippen LogP contribution in [0.15, 0.2) is 0 Å². The van der Waals surface area contributed by atoms with Gasteiger partial charge in [-0.1, -0.05) is 0 Å². The average Bonchev–Trinajstić information content (AvgIpc) is 2.79. The summed E-state index contributed by atoms with van der Waals surface area (Å²) in [5.74, 6) is -9.13. The summed E-state index contributed by atoms with van der Waals surface area (Å²) in [6.45, 7) is -3.15. The summed E-state index contributed by atoms with van der Waals surface area (Å²) in [6, 6.07) is 0. The predicted octanol–water partition coefficient (Wildman–Crippen LogP) is -1.66. The first kappa shape index (κ1) is 12.8. The van der Waals surface area contributed by atoms with E-state index in [1.807, 2.05) is 0 Å². The second-order valence-corrected chi connectivity index (χ2v) is 5.85. The monoisotopic (exact) mass is 402 g/mol. The molecule has 136 valence electrons. The van der Waals surface area contributed by atoms with Crippen LogP contribution >= 0.6 is 34.8 Å². The number of halogens is 3. The summed E-state index contributed by atoms with van der Waals surface area (Å²) >= 11 is 16.9. The third kappa shape index (κ3) is 3.58. The van der Waals surface area contributed by atoms with Gasteiger partial charge in [0.05, 0.1) is 26.3 Å². The van der Waals surface area contributed by atoms with Crippen molar-refractivity contribution in [3.63, 3.8) is 0 Å². The Bertz CT molecular complexity index is 604. The van der Waals surface area contributed by atoms with Crippen LogP contribution in [0.5, 0.6) is 0 Å². The Morgan fingerprint density at radius 2 is 1.74 bits per heavy atom. The normalized spacial score (nSPS) is 56.9. The van der Waals surface area contributed by atoms with Crippen LogP contribution < -0.4 is 0 Å².